The Morgan fingerprint density at radius 1 is 0.800 bits per heavy atom. The minimum absolute atomic E-state index is 0. The predicted molar refractivity (Wildman–Crippen MR) is 205 cm³/mol. The van der Waals surface area contributed by atoms with Crippen LogP contribution in [0.4, 0.5) is 23.0 Å². The summed E-state index contributed by atoms with van der Waals surface area (Å²) in [7, 11) is 2.87. The van der Waals surface area contributed by atoms with E-state index in [9.17, 15) is 19.8 Å². The SMILES string of the molecule is [C-]#[N+]c1ncc2[nH]c(SC(C)C(=O)Nc3ccc(OC)c(O)c3)nc2c1C.[C-]#[N+]c1ncc2[nH]c(SC(C)C(=O)Nc3ccc(OC)c([O-])c3)nc2c1C.[Na+]. The summed E-state index contributed by atoms with van der Waals surface area (Å²) in [6.45, 7) is 21.3. The molecule has 0 fully saturated rings. The number of aromatic hydroxyl groups is 1. The number of thioether (sulfide) groups is 2. The maximum absolute atomic E-state index is 12.4. The molecule has 0 aliphatic rings. The topological polar surface area (TPSA) is 212 Å². The van der Waals surface area contributed by atoms with Gasteiger partial charge in [0.1, 0.15) is 29.2 Å². The fraction of sp³-hybridized carbons (Fsp3) is 0.222. The van der Waals surface area contributed by atoms with Crippen LogP contribution in [0.1, 0.15) is 25.0 Å². The summed E-state index contributed by atoms with van der Waals surface area (Å²) in [4.78, 5) is 54.9. The van der Waals surface area contributed by atoms with Gasteiger partial charge in [-0.15, -0.1) is 9.97 Å². The number of amides is 2. The van der Waals surface area contributed by atoms with E-state index >= 15 is 0 Å². The van der Waals surface area contributed by atoms with Crippen molar-refractivity contribution in [2.45, 2.75) is 48.5 Å². The van der Waals surface area contributed by atoms with Crippen molar-refractivity contribution in [2.24, 2.45) is 0 Å². The molecule has 16 nitrogen and oxygen atoms in total. The number of aromatic nitrogens is 6. The van der Waals surface area contributed by atoms with Crippen LogP contribution in [0.3, 0.4) is 0 Å². The van der Waals surface area contributed by atoms with E-state index in [0.29, 0.717) is 66.7 Å². The molecule has 2 unspecified atom stereocenters. The Labute approximate surface area is 346 Å². The second-order valence-electron chi connectivity index (χ2n) is 11.5. The standard InChI is InChI=1S/2C18H17N5O3S.Na/c2*1-9-15-12(8-20-16(9)19-3)22-18(23-15)27-10(2)17(25)21-11-5-6-14(26-4)13(24)7-11;/h2*5-8,10,24H,1-2,4H3,(H,21,25)(H,22,23);/q;;+1/p-1. The number of carbonyl (C=O) groups is 2. The van der Waals surface area contributed by atoms with Gasteiger partial charge in [0.2, 0.25) is 11.8 Å². The Morgan fingerprint density at radius 3 is 1.64 bits per heavy atom. The van der Waals surface area contributed by atoms with E-state index in [1.807, 2.05) is 0 Å². The number of nitrogens with zero attached hydrogens (tertiary/aromatic N) is 6. The monoisotopic (exact) mass is 788 g/mol. The number of H-pyrrole nitrogens is 2. The Bertz CT molecular complexity index is 2290. The normalized spacial score (nSPS) is 11.6. The van der Waals surface area contributed by atoms with Gasteiger partial charge in [-0.25, -0.2) is 9.97 Å². The smallest absolute Gasteiger partial charge is 0.870 e. The zero-order valence-electron chi connectivity index (χ0n) is 30.8. The van der Waals surface area contributed by atoms with Crippen molar-refractivity contribution in [3.63, 3.8) is 0 Å². The van der Waals surface area contributed by atoms with Gasteiger partial charge < -0.3 is 50.0 Å². The molecule has 0 saturated carbocycles. The van der Waals surface area contributed by atoms with Crippen molar-refractivity contribution in [2.75, 3.05) is 24.9 Å². The van der Waals surface area contributed by atoms with Crippen LogP contribution in [-0.4, -0.2) is 71.5 Å². The number of aryl methyl sites for hydroxylation is 2. The van der Waals surface area contributed by atoms with Gasteiger partial charge in [0, 0.05) is 28.6 Å². The number of imidazole rings is 2. The maximum atomic E-state index is 12.4. The first-order valence-corrected chi connectivity index (χ1v) is 17.7. The molecule has 6 aromatic rings. The first kappa shape index (κ1) is 42.2. The number of hydrogen-bond donors (Lipinski definition) is 5. The van der Waals surface area contributed by atoms with Crippen molar-refractivity contribution in [3.05, 3.63) is 82.8 Å². The van der Waals surface area contributed by atoms with Gasteiger partial charge in [-0.3, -0.25) is 9.59 Å². The Morgan fingerprint density at radius 2 is 1.24 bits per heavy atom. The van der Waals surface area contributed by atoms with Gasteiger partial charge >= 0.3 is 29.6 Å². The molecular formula is C36H33N10NaO6S2. The van der Waals surface area contributed by atoms with Gasteiger partial charge in [-0.2, -0.15) is 0 Å². The molecule has 0 bridgehead atoms. The van der Waals surface area contributed by atoms with Crippen molar-refractivity contribution >= 4 is 80.4 Å². The maximum Gasteiger partial charge on any atom is 1.00 e. The summed E-state index contributed by atoms with van der Waals surface area (Å²) in [6, 6.07) is 9.09. The number of rotatable bonds is 10. The molecule has 2 amide bonds. The van der Waals surface area contributed by atoms with E-state index < -0.39 is 10.5 Å². The first-order valence-electron chi connectivity index (χ1n) is 16.0. The minimum atomic E-state index is -0.462. The molecule has 4 aromatic heterocycles. The first-order chi connectivity index (χ1) is 25.8. The zero-order valence-corrected chi connectivity index (χ0v) is 34.4. The molecule has 0 saturated heterocycles. The van der Waals surface area contributed by atoms with Crippen molar-refractivity contribution < 1.29 is 58.8 Å². The van der Waals surface area contributed by atoms with Crippen LogP contribution in [0.15, 0.2) is 59.1 Å². The quantitative estimate of drug-likeness (QED) is 0.0765. The second-order valence-corrected chi connectivity index (χ2v) is 14.2. The number of phenolic OH excluding ortho intramolecular Hbond substituents is 1. The molecule has 4 heterocycles. The number of carbonyl (C=O) groups excluding carboxylic acids is 2. The Kier molecular flexibility index (Phi) is 14.4. The average molecular weight is 789 g/mol. The van der Waals surface area contributed by atoms with Crippen LogP contribution in [0.25, 0.3) is 31.8 Å². The number of methoxy groups -OCH3 is 2. The predicted octanol–water partition coefficient (Wildman–Crippen LogP) is 3.67. The molecule has 6 rings (SSSR count). The van der Waals surface area contributed by atoms with Gasteiger partial charge in [-0.05, 0) is 58.0 Å². The molecule has 0 aliphatic carbocycles. The van der Waals surface area contributed by atoms with Gasteiger partial charge in [-0.1, -0.05) is 42.4 Å². The summed E-state index contributed by atoms with van der Waals surface area (Å²) in [5.41, 5.74) is 5.04. The van der Waals surface area contributed by atoms with Crippen LogP contribution < -0.4 is 54.8 Å². The molecule has 276 valence electrons. The number of benzene rings is 2. The molecule has 19 heteroatoms. The summed E-state index contributed by atoms with van der Waals surface area (Å²) < 4.78 is 9.90. The number of fused-ring (bicyclic) bond motifs is 2. The van der Waals surface area contributed by atoms with E-state index in [4.69, 9.17) is 22.6 Å². The van der Waals surface area contributed by atoms with Crippen LogP contribution in [0.5, 0.6) is 23.0 Å². The zero-order chi connectivity index (χ0) is 39.1. The largest absolute Gasteiger partial charge is 1.00 e. The second kappa shape index (κ2) is 18.7. The Balaban J connectivity index is 0.000000240. The van der Waals surface area contributed by atoms with Crippen LogP contribution in [-0.2, 0) is 9.59 Å². The fourth-order valence-corrected chi connectivity index (χ4v) is 6.56. The summed E-state index contributed by atoms with van der Waals surface area (Å²) in [5, 5.41) is 27.3. The summed E-state index contributed by atoms with van der Waals surface area (Å²) >= 11 is 2.50. The number of hydrogen-bond acceptors (Lipinski definition) is 12. The van der Waals surface area contributed by atoms with Gasteiger partial charge in [0.05, 0.1) is 35.8 Å². The third kappa shape index (κ3) is 9.98. The average Bonchev–Trinajstić information content (AvgIpc) is 3.77. The molecule has 2 aromatic carbocycles. The molecule has 0 spiro atoms. The third-order valence-electron chi connectivity index (χ3n) is 7.84. The van der Waals surface area contributed by atoms with Crippen molar-refractivity contribution in [3.8, 4) is 23.0 Å². The molecule has 0 aliphatic heterocycles. The van der Waals surface area contributed by atoms with Crippen LogP contribution >= 0.6 is 23.5 Å². The number of pyridine rings is 2. The number of phenols is 1. The van der Waals surface area contributed by atoms with E-state index in [1.54, 1.807) is 58.3 Å². The molecule has 5 N–H and O–H groups in total. The fourth-order valence-electron chi connectivity index (χ4n) is 4.93. The van der Waals surface area contributed by atoms with E-state index in [2.05, 4.69) is 50.2 Å². The Hall–Kier alpha value is -5.50. The number of anilines is 2. The molecular weight excluding hydrogens is 756 g/mol. The minimum Gasteiger partial charge on any atom is -0.870 e. The van der Waals surface area contributed by atoms with Crippen LogP contribution in [0, 0.1) is 27.0 Å². The van der Waals surface area contributed by atoms with E-state index in [1.165, 1.54) is 55.9 Å². The number of ether oxygens (including phenoxy) is 2. The van der Waals surface area contributed by atoms with Crippen LogP contribution in [0.2, 0.25) is 0 Å². The summed E-state index contributed by atoms with van der Waals surface area (Å²) in [6.07, 6.45) is 3.13. The third-order valence-corrected chi connectivity index (χ3v) is 9.81. The van der Waals surface area contributed by atoms with Crippen molar-refractivity contribution in [1.29, 1.82) is 0 Å². The molecule has 2 atom stereocenters. The molecule has 55 heavy (non-hydrogen) atoms. The van der Waals surface area contributed by atoms with E-state index in [0.717, 1.165) is 5.52 Å². The van der Waals surface area contributed by atoms with Crippen molar-refractivity contribution in [1.82, 2.24) is 29.9 Å². The van der Waals surface area contributed by atoms with Gasteiger partial charge in [0.25, 0.3) is 11.6 Å². The number of nitrogens with one attached hydrogen (secondary N) is 4. The molecule has 0 radical (unpaired) electrons. The van der Waals surface area contributed by atoms with Gasteiger partial charge in [0.15, 0.2) is 21.8 Å². The number of aromatic amines is 2. The van der Waals surface area contributed by atoms with E-state index in [-0.39, 0.29) is 58.6 Å². The summed E-state index contributed by atoms with van der Waals surface area (Å²) in [5.74, 6) is 0.335.